The molecule has 0 radical (unpaired) electrons. The van der Waals surface area contributed by atoms with Gasteiger partial charge in [0.25, 0.3) is 0 Å². The predicted octanol–water partition coefficient (Wildman–Crippen LogP) is 2.28. The van der Waals surface area contributed by atoms with Crippen molar-refractivity contribution in [3.63, 3.8) is 0 Å². The third-order valence-electron chi connectivity index (χ3n) is 2.81. The summed E-state index contributed by atoms with van der Waals surface area (Å²) in [5, 5.41) is 0. The number of likely N-dealkylation sites (N-methyl/N-ethyl adjacent to an activating group) is 2. The van der Waals surface area contributed by atoms with Crippen LogP contribution in [0.2, 0.25) is 0 Å². The standard InChI is InChI=1S/C13H20F3N3/c1-18(2)6-7-19(3)9-10-4-5-11(17)8-12(10)13(14,15)16/h4-5,8H,6-7,9,17H2,1-3H3. The van der Waals surface area contributed by atoms with E-state index in [1.807, 2.05) is 23.9 Å². The van der Waals surface area contributed by atoms with Gasteiger partial charge in [-0.2, -0.15) is 13.2 Å². The molecule has 0 aliphatic carbocycles. The van der Waals surface area contributed by atoms with E-state index in [-0.39, 0.29) is 17.8 Å². The molecule has 19 heavy (non-hydrogen) atoms. The Labute approximate surface area is 111 Å². The average Bonchev–Trinajstić information content (AvgIpc) is 2.27. The van der Waals surface area contributed by atoms with Gasteiger partial charge in [-0.1, -0.05) is 6.07 Å². The second-order valence-corrected chi connectivity index (χ2v) is 4.96. The summed E-state index contributed by atoms with van der Waals surface area (Å²) in [6.07, 6.45) is -4.37. The van der Waals surface area contributed by atoms with E-state index in [0.717, 1.165) is 12.6 Å². The first-order valence-corrected chi connectivity index (χ1v) is 5.99. The Morgan fingerprint density at radius 1 is 1.11 bits per heavy atom. The maximum atomic E-state index is 12.9. The van der Waals surface area contributed by atoms with Crippen LogP contribution in [-0.4, -0.2) is 44.0 Å². The van der Waals surface area contributed by atoms with Crippen LogP contribution >= 0.6 is 0 Å². The highest BCUT2D eigenvalue weighted by Crippen LogP contribution is 2.33. The lowest BCUT2D eigenvalue weighted by atomic mass is 10.1. The van der Waals surface area contributed by atoms with Gasteiger partial charge in [0.1, 0.15) is 0 Å². The van der Waals surface area contributed by atoms with Crippen molar-refractivity contribution in [2.45, 2.75) is 12.7 Å². The number of anilines is 1. The van der Waals surface area contributed by atoms with Crippen molar-refractivity contribution in [1.29, 1.82) is 0 Å². The van der Waals surface area contributed by atoms with Crippen molar-refractivity contribution in [2.24, 2.45) is 0 Å². The summed E-state index contributed by atoms with van der Waals surface area (Å²) in [7, 11) is 5.66. The molecule has 2 N–H and O–H groups in total. The summed E-state index contributed by atoms with van der Waals surface area (Å²) in [5.41, 5.74) is 5.17. The maximum absolute atomic E-state index is 12.9. The van der Waals surface area contributed by atoms with E-state index in [4.69, 9.17) is 5.73 Å². The zero-order valence-electron chi connectivity index (χ0n) is 11.5. The topological polar surface area (TPSA) is 32.5 Å². The minimum absolute atomic E-state index is 0.131. The summed E-state index contributed by atoms with van der Waals surface area (Å²) < 4.78 is 38.7. The highest BCUT2D eigenvalue weighted by Gasteiger charge is 2.33. The molecule has 6 heteroatoms. The molecule has 108 valence electrons. The number of nitrogens with zero attached hydrogens (tertiary/aromatic N) is 2. The number of alkyl halides is 3. The lowest BCUT2D eigenvalue weighted by Crippen LogP contribution is -2.29. The molecule has 0 saturated carbocycles. The minimum Gasteiger partial charge on any atom is -0.399 e. The highest BCUT2D eigenvalue weighted by molar-refractivity contribution is 5.46. The lowest BCUT2D eigenvalue weighted by molar-refractivity contribution is -0.138. The molecule has 0 heterocycles. The summed E-state index contributed by atoms with van der Waals surface area (Å²) in [4.78, 5) is 3.85. The molecular formula is C13H20F3N3. The molecule has 0 fully saturated rings. The van der Waals surface area contributed by atoms with Crippen molar-refractivity contribution >= 4 is 5.69 Å². The molecule has 0 amide bonds. The van der Waals surface area contributed by atoms with Gasteiger partial charge in [0.2, 0.25) is 0 Å². The Morgan fingerprint density at radius 3 is 2.26 bits per heavy atom. The van der Waals surface area contributed by atoms with Crippen LogP contribution in [0.15, 0.2) is 18.2 Å². The quantitative estimate of drug-likeness (QED) is 0.837. The Morgan fingerprint density at radius 2 is 1.74 bits per heavy atom. The van der Waals surface area contributed by atoms with E-state index in [9.17, 15) is 13.2 Å². The van der Waals surface area contributed by atoms with Gasteiger partial charge < -0.3 is 15.5 Å². The molecule has 3 nitrogen and oxygen atoms in total. The first-order chi connectivity index (χ1) is 8.70. The van der Waals surface area contributed by atoms with Gasteiger partial charge in [0.05, 0.1) is 5.56 Å². The Kier molecular flexibility index (Phi) is 5.20. The number of hydrogen-bond donors (Lipinski definition) is 1. The Bertz CT molecular complexity index is 416. The lowest BCUT2D eigenvalue weighted by Gasteiger charge is -2.21. The van der Waals surface area contributed by atoms with Crippen LogP contribution in [0.5, 0.6) is 0 Å². The van der Waals surface area contributed by atoms with Crippen LogP contribution in [0.1, 0.15) is 11.1 Å². The maximum Gasteiger partial charge on any atom is 0.416 e. The molecule has 0 aliphatic heterocycles. The van der Waals surface area contributed by atoms with Crippen LogP contribution in [-0.2, 0) is 12.7 Å². The summed E-state index contributed by atoms with van der Waals surface area (Å²) >= 11 is 0. The van der Waals surface area contributed by atoms with E-state index in [1.54, 1.807) is 7.05 Å². The summed E-state index contributed by atoms with van der Waals surface area (Å²) in [6, 6.07) is 3.95. The minimum atomic E-state index is -4.37. The van der Waals surface area contributed by atoms with Crippen molar-refractivity contribution in [3.8, 4) is 0 Å². The normalized spacial score (nSPS) is 12.4. The molecule has 0 atom stereocenters. The van der Waals surface area contributed by atoms with Gasteiger partial charge in [-0.05, 0) is 38.8 Å². The fraction of sp³-hybridized carbons (Fsp3) is 0.538. The second kappa shape index (κ2) is 6.25. The van der Waals surface area contributed by atoms with E-state index in [0.29, 0.717) is 6.54 Å². The Balaban J connectivity index is 2.83. The zero-order valence-corrected chi connectivity index (χ0v) is 11.5. The van der Waals surface area contributed by atoms with Gasteiger partial charge in [0.15, 0.2) is 0 Å². The van der Waals surface area contributed by atoms with Gasteiger partial charge in [0, 0.05) is 25.3 Å². The third-order valence-corrected chi connectivity index (χ3v) is 2.81. The van der Waals surface area contributed by atoms with Crippen molar-refractivity contribution in [2.75, 3.05) is 40.0 Å². The summed E-state index contributed by atoms with van der Waals surface area (Å²) in [6.45, 7) is 1.75. The van der Waals surface area contributed by atoms with Gasteiger partial charge >= 0.3 is 6.18 Å². The Hall–Kier alpha value is -1.27. The number of hydrogen-bond acceptors (Lipinski definition) is 3. The van der Waals surface area contributed by atoms with E-state index >= 15 is 0 Å². The van der Waals surface area contributed by atoms with Crippen LogP contribution in [0, 0.1) is 0 Å². The van der Waals surface area contributed by atoms with Crippen molar-refractivity contribution < 1.29 is 13.2 Å². The predicted molar refractivity (Wildman–Crippen MR) is 70.7 cm³/mol. The number of rotatable bonds is 5. The zero-order chi connectivity index (χ0) is 14.6. The fourth-order valence-corrected chi connectivity index (χ4v) is 1.74. The number of benzene rings is 1. The first kappa shape index (κ1) is 15.8. The highest BCUT2D eigenvalue weighted by atomic mass is 19.4. The monoisotopic (exact) mass is 275 g/mol. The summed E-state index contributed by atoms with van der Waals surface area (Å²) in [5.74, 6) is 0. The molecule has 1 aromatic rings. The van der Waals surface area contributed by atoms with Crippen LogP contribution < -0.4 is 5.73 Å². The number of nitrogens with two attached hydrogens (primary N) is 1. The fourth-order valence-electron chi connectivity index (χ4n) is 1.74. The second-order valence-electron chi connectivity index (χ2n) is 4.96. The molecular weight excluding hydrogens is 255 g/mol. The molecule has 0 unspecified atom stereocenters. The van der Waals surface area contributed by atoms with Crippen LogP contribution in [0.4, 0.5) is 18.9 Å². The molecule has 0 saturated heterocycles. The SMILES string of the molecule is CN(C)CCN(C)Cc1ccc(N)cc1C(F)(F)F. The molecule has 0 aliphatic rings. The van der Waals surface area contributed by atoms with Crippen LogP contribution in [0.25, 0.3) is 0 Å². The number of halogens is 3. The smallest absolute Gasteiger partial charge is 0.399 e. The first-order valence-electron chi connectivity index (χ1n) is 5.99. The molecule has 0 bridgehead atoms. The average molecular weight is 275 g/mol. The van der Waals surface area contributed by atoms with E-state index < -0.39 is 11.7 Å². The molecule has 0 aromatic heterocycles. The molecule has 0 spiro atoms. The molecule has 1 rings (SSSR count). The van der Waals surface area contributed by atoms with E-state index in [1.165, 1.54) is 12.1 Å². The van der Waals surface area contributed by atoms with Gasteiger partial charge in [-0.15, -0.1) is 0 Å². The van der Waals surface area contributed by atoms with Gasteiger partial charge in [-0.25, -0.2) is 0 Å². The third kappa shape index (κ3) is 5.08. The van der Waals surface area contributed by atoms with Gasteiger partial charge in [-0.3, -0.25) is 0 Å². The van der Waals surface area contributed by atoms with E-state index in [2.05, 4.69) is 0 Å². The molecule has 1 aromatic carbocycles. The van der Waals surface area contributed by atoms with Crippen molar-refractivity contribution in [1.82, 2.24) is 9.80 Å². The number of nitrogen functional groups attached to an aromatic ring is 1. The van der Waals surface area contributed by atoms with Crippen molar-refractivity contribution in [3.05, 3.63) is 29.3 Å². The van der Waals surface area contributed by atoms with Crippen LogP contribution in [0.3, 0.4) is 0 Å². The largest absolute Gasteiger partial charge is 0.416 e.